The van der Waals surface area contributed by atoms with Gasteiger partial charge in [0.05, 0.1) is 24.0 Å². The molecule has 0 spiro atoms. The largest absolute Gasteiger partial charge is 0.357 e. The lowest BCUT2D eigenvalue weighted by Crippen LogP contribution is -2.40. The lowest BCUT2D eigenvalue weighted by Gasteiger charge is -2.19. The van der Waals surface area contributed by atoms with Crippen LogP contribution in [0.1, 0.15) is 56.4 Å². The average molecular weight is 483 g/mol. The van der Waals surface area contributed by atoms with Gasteiger partial charge in [0.2, 0.25) is 11.8 Å². The van der Waals surface area contributed by atoms with E-state index >= 15 is 0 Å². The first-order valence-corrected chi connectivity index (χ1v) is 12.5. The molecule has 4 N–H and O–H groups in total. The van der Waals surface area contributed by atoms with Crippen molar-refractivity contribution in [2.24, 2.45) is 5.41 Å². The summed E-state index contributed by atoms with van der Waals surface area (Å²) in [7, 11) is -4.35. The lowest BCUT2D eigenvalue weighted by molar-refractivity contribution is -0.127. The number of anilines is 1. The summed E-state index contributed by atoms with van der Waals surface area (Å²) >= 11 is 1.45. The molecule has 0 saturated heterocycles. The highest BCUT2D eigenvalue weighted by molar-refractivity contribution is 7.87. The van der Waals surface area contributed by atoms with E-state index in [2.05, 4.69) is 15.6 Å². The number of aromatic nitrogens is 1. The van der Waals surface area contributed by atoms with Crippen molar-refractivity contribution in [1.82, 2.24) is 15.6 Å². The molecule has 0 saturated carbocycles. The molecule has 176 valence electrons. The number of thiazole rings is 1. The fourth-order valence-corrected chi connectivity index (χ4v) is 4.29. The molecule has 0 aliphatic rings. The van der Waals surface area contributed by atoms with Crippen LogP contribution >= 0.6 is 11.3 Å². The molecular formula is C21H30N4O5S2. The van der Waals surface area contributed by atoms with Crippen molar-refractivity contribution in [1.29, 1.82) is 0 Å². The second kappa shape index (κ2) is 10.9. The highest BCUT2D eigenvalue weighted by Crippen LogP contribution is 2.24. The van der Waals surface area contributed by atoms with E-state index in [0.717, 1.165) is 22.7 Å². The third kappa shape index (κ3) is 9.33. The highest BCUT2D eigenvalue weighted by Gasteiger charge is 2.21. The van der Waals surface area contributed by atoms with Crippen LogP contribution in [0.3, 0.4) is 0 Å². The molecule has 2 amide bonds. The number of aryl methyl sites for hydroxylation is 1. The van der Waals surface area contributed by atoms with Gasteiger partial charge in [0, 0.05) is 11.8 Å². The first kappa shape index (κ1) is 25.8. The standard InChI is InChI=1S/C21H30N4O5S2/c1-5-15-13-31-20(23-15)17(24-19(27)12-22-18(26)11-21(2,3)4)10-14-6-8-16(9-7-14)25-32(28,29)30/h6-9,13,17,25H,5,10-12H2,1-4H3,(H,22,26)(H,24,27)(H,28,29,30)/t17-/m0/s1. The average Bonchev–Trinajstić information content (AvgIpc) is 3.14. The van der Waals surface area contributed by atoms with E-state index < -0.39 is 16.3 Å². The second-order valence-electron chi connectivity index (χ2n) is 8.64. The van der Waals surface area contributed by atoms with Crippen molar-refractivity contribution in [2.45, 2.75) is 53.0 Å². The van der Waals surface area contributed by atoms with Gasteiger partial charge in [-0.1, -0.05) is 39.8 Å². The minimum atomic E-state index is -4.35. The third-order valence-electron chi connectivity index (χ3n) is 4.34. The van der Waals surface area contributed by atoms with Gasteiger partial charge in [-0.2, -0.15) is 8.42 Å². The SMILES string of the molecule is CCc1csc([C@H](Cc2ccc(NS(=O)(=O)O)cc2)NC(=O)CNC(=O)CC(C)(C)C)n1. The Kier molecular flexibility index (Phi) is 8.76. The van der Waals surface area contributed by atoms with E-state index in [1.165, 1.54) is 23.5 Å². The van der Waals surface area contributed by atoms with Crippen LogP contribution in [0.25, 0.3) is 0 Å². The van der Waals surface area contributed by atoms with Crippen LogP contribution in [0.2, 0.25) is 0 Å². The normalized spacial score (nSPS) is 12.8. The van der Waals surface area contributed by atoms with Gasteiger partial charge in [0.25, 0.3) is 0 Å². The molecular weight excluding hydrogens is 452 g/mol. The van der Waals surface area contributed by atoms with Gasteiger partial charge in [-0.15, -0.1) is 11.3 Å². The zero-order valence-corrected chi connectivity index (χ0v) is 20.3. The number of carbonyl (C=O) groups is 2. The topological polar surface area (TPSA) is 137 Å². The van der Waals surface area contributed by atoms with Crippen molar-refractivity contribution >= 4 is 39.1 Å². The van der Waals surface area contributed by atoms with Crippen LogP contribution in [0.15, 0.2) is 29.6 Å². The number of nitrogens with one attached hydrogen (secondary N) is 3. The maximum Gasteiger partial charge on any atom is 0.357 e. The number of nitrogens with zero attached hydrogens (tertiary/aromatic N) is 1. The van der Waals surface area contributed by atoms with Gasteiger partial charge in [0.1, 0.15) is 5.01 Å². The summed E-state index contributed by atoms with van der Waals surface area (Å²) in [5.41, 5.74) is 1.81. The minimum Gasteiger partial charge on any atom is -0.347 e. The molecule has 0 fully saturated rings. The molecule has 0 bridgehead atoms. The number of rotatable bonds is 10. The van der Waals surface area contributed by atoms with Crippen LogP contribution in [-0.4, -0.2) is 36.3 Å². The molecule has 9 nitrogen and oxygen atoms in total. The molecule has 1 aromatic heterocycles. The van der Waals surface area contributed by atoms with Crippen LogP contribution in [-0.2, 0) is 32.7 Å². The molecule has 0 aliphatic carbocycles. The summed E-state index contributed by atoms with van der Waals surface area (Å²) < 4.78 is 32.8. The molecule has 2 aromatic rings. The molecule has 0 radical (unpaired) electrons. The van der Waals surface area contributed by atoms with Gasteiger partial charge < -0.3 is 10.6 Å². The number of amides is 2. The molecule has 2 rings (SSSR count). The van der Waals surface area contributed by atoms with E-state index in [1.54, 1.807) is 12.1 Å². The Balaban J connectivity index is 2.08. The monoisotopic (exact) mass is 482 g/mol. The smallest absolute Gasteiger partial charge is 0.347 e. The molecule has 1 atom stereocenters. The van der Waals surface area contributed by atoms with Crippen LogP contribution in [0.4, 0.5) is 5.69 Å². The first-order chi connectivity index (χ1) is 14.8. The van der Waals surface area contributed by atoms with E-state index in [1.807, 2.05) is 37.8 Å². The Morgan fingerprint density at radius 3 is 2.34 bits per heavy atom. The molecule has 32 heavy (non-hydrogen) atoms. The molecule has 0 unspecified atom stereocenters. The Labute approximate surface area is 192 Å². The number of hydrogen-bond donors (Lipinski definition) is 4. The lowest BCUT2D eigenvalue weighted by atomic mass is 9.92. The summed E-state index contributed by atoms with van der Waals surface area (Å²) in [4.78, 5) is 29.1. The zero-order chi connectivity index (χ0) is 23.9. The van der Waals surface area contributed by atoms with E-state index in [9.17, 15) is 18.0 Å². The Hall–Kier alpha value is -2.50. The van der Waals surface area contributed by atoms with Crippen molar-refractivity contribution in [3.63, 3.8) is 0 Å². The summed E-state index contributed by atoms with van der Waals surface area (Å²) in [5, 5.41) is 8.27. The Morgan fingerprint density at radius 1 is 1.16 bits per heavy atom. The summed E-state index contributed by atoms with van der Waals surface area (Å²) in [5.74, 6) is -0.510. The van der Waals surface area contributed by atoms with Gasteiger partial charge >= 0.3 is 10.3 Å². The number of hydrogen-bond acceptors (Lipinski definition) is 6. The zero-order valence-electron chi connectivity index (χ0n) is 18.6. The fraction of sp³-hybridized carbons (Fsp3) is 0.476. The predicted molar refractivity (Wildman–Crippen MR) is 125 cm³/mol. The summed E-state index contributed by atoms with van der Waals surface area (Å²) in [6.45, 7) is 7.72. The molecule has 1 heterocycles. The van der Waals surface area contributed by atoms with Crippen LogP contribution < -0.4 is 15.4 Å². The van der Waals surface area contributed by atoms with Crippen molar-refractivity contribution in [2.75, 3.05) is 11.3 Å². The van der Waals surface area contributed by atoms with Gasteiger partial charge in [-0.25, -0.2) is 4.98 Å². The Morgan fingerprint density at radius 2 is 1.81 bits per heavy atom. The van der Waals surface area contributed by atoms with Crippen LogP contribution in [0.5, 0.6) is 0 Å². The molecule has 0 aliphatic heterocycles. The molecule has 1 aromatic carbocycles. The predicted octanol–water partition coefficient (Wildman–Crippen LogP) is 2.87. The van der Waals surface area contributed by atoms with E-state index in [-0.39, 0.29) is 29.5 Å². The highest BCUT2D eigenvalue weighted by atomic mass is 32.2. The summed E-state index contributed by atoms with van der Waals surface area (Å²) in [6.07, 6.45) is 1.51. The maximum absolute atomic E-state index is 12.5. The van der Waals surface area contributed by atoms with Crippen LogP contribution in [0, 0.1) is 5.41 Å². The number of benzene rings is 1. The van der Waals surface area contributed by atoms with Crippen molar-refractivity contribution in [3.05, 3.63) is 45.9 Å². The van der Waals surface area contributed by atoms with E-state index in [4.69, 9.17) is 4.55 Å². The van der Waals surface area contributed by atoms with Crippen molar-refractivity contribution in [3.8, 4) is 0 Å². The second-order valence-corrected chi connectivity index (χ2v) is 10.7. The fourth-order valence-electron chi connectivity index (χ4n) is 2.91. The van der Waals surface area contributed by atoms with Gasteiger partial charge in [-0.3, -0.25) is 18.9 Å². The van der Waals surface area contributed by atoms with Crippen molar-refractivity contribution < 1.29 is 22.6 Å². The maximum atomic E-state index is 12.5. The first-order valence-electron chi connectivity index (χ1n) is 10.2. The van der Waals surface area contributed by atoms with Gasteiger partial charge in [-0.05, 0) is 36.0 Å². The third-order valence-corrected chi connectivity index (χ3v) is 5.84. The minimum absolute atomic E-state index is 0.130. The van der Waals surface area contributed by atoms with E-state index in [0.29, 0.717) is 12.8 Å². The number of carbonyl (C=O) groups excluding carboxylic acids is 2. The summed E-state index contributed by atoms with van der Waals surface area (Å²) in [6, 6.07) is 6.04. The molecule has 11 heteroatoms. The van der Waals surface area contributed by atoms with Gasteiger partial charge in [0.15, 0.2) is 0 Å². The quantitative estimate of drug-likeness (QED) is 0.384. The Bertz CT molecular complexity index is 1030.